The molecule has 0 radical (unpaired) electrons. The highest BCUT2D eigenvalue weighted by Gasteiger charge is 2.27. The fraction of sp³-hybridized carbons (Fsp3) is 0.500. The number of rotatable bonds is 7. The topological polar surface area (TPSA) is 78.4 Å². The molecule has 1 aromatic rings. The van der Waals surface area contributed by atoms with Gasteiger partial charge in [-0.1, -0.05) is 26.7 Å². The number of carbonyl (C=O) groups excluding carboxylic acids is 2. The van der Waals surface area contributed by atoms with Crippen LogP contribution in [0, 0.1) is 11.6 Å². The Bertz CT molecular complexity index is 558. The maximum Gasteiger partial charge on any atom is 0.313 e. The second kappa shape index (κ2) is 8.57. The second-order valence-corrected chi connectivity index (χ2v) is 5.49. The summed E-state index contributed by atoms with van der Waals surface area (Å²) in [5.41, 5.74) is -1.36. The van der Waals surface area contributed by atoms with E-state index in [2.05, 4.69) is 10.6 Å². The average Bonchev–Trinajstić information content (AvgIpc) is 2.48. The van der Waals surface area contributed by atoms with Crippen molar-refractivity contribution in [1.29, 1.82) is 0 Å². The molecule has 0 fully saturated rings. The molecular weight excluding hydrogens is 306 g/mol. The van der Waals surface area contributed by atoms with Gasteiger partial charge in [0, 0.05) is 12.6 Å². The number of anilines is 1. The largest absolute Gasteiger partial charge is 0.388 e. The fourth-order valence-corrected chi connectivity index (χ4v) is 2.33. The zero-order valence-corrected chi connectivity index (χ0v) is 13.3. The highest BCUT2D eigenvalue weighted by atomic mass is 19.1. The summed E-state index contributed by atoms with van der Waals surface area (Å²) in [6.07, 6.45) is 2.46. The predicted molar refractivity (Wildman–Crippen MR) is 82.8 cm³/mol. The van der Waals surface area contributed by atoms with Crippen LogP contribution in [0.15, 0.2) is 18.2 Å². The molecule has 7 heteroatoms. The minimum Gasteiger partial charge on any atom is -0.388 e. The molecule has 23 heavy (non-hydrogen) atoms. The van der Waals surface area contributed by atoms with Crippen molar-refractivity contribution >= 4 is 17.5 Å². The number of hydrogen-bond acceptors (Lipinski definition) is 3. The first-order valence-electron chi connectivity index (χ1n) is 7.58. The minimum absolute atomic E-state index is 0.0627. The molecule has 0 aromatic heterocycles. The van der Waals surface area contributed by atoms with E-state index in [9.17, 15) is 23.5 Å². The van der Waals surface area contributed by atoms with E-state index < -0.39 is 29.0 Å². The molecule has 0 atom stereocenters. The van der Waals surface area contributed by atoms with E-state index in [1.807, 2.05) is 13.8 Å². The number of halogens is 2. The van der Waals surface area contributed by atoms with Crippen LogP contribution in [0.3, 0.4) is 0 Å². The number of carbonyl (C=O) groups is 2. The first-order chi connectivity index (χ1) is 10.8. The van der Waals surface area contributed by atoms with Gasteiger partial charge in [0.05, 0.1) is 11.3 Å². The Balaban J connectivity index is 2.61. The summed E-state index contributed by atoms with van der Waals surface area (Å²) in [4.78, 5) is 23.5. The first-order valence-corrected chi connectivity index (χ1v) is 7.58. The molecule has 0 aliphatic carbocycles. The maximum absolute atomic E-state index is 13.4. The van der Waals surface area contributed by atoms with Crippen LogP contribution in [0.25, 0.3) is 0 Å². The van der Waals surface area contributed by atoms with Crippen LogP contribution in [-0.2, 0) is 9.59 Å². The Labute approximate surface area is 134 Å². The summed E-state index contributed by atoms with van der Waals surface area (Å²) < 4.78 is 26.2. The molecule has 0 heterocycles. The molecule has 3 N–H and O–H groups in total. The van der Waals surface area contributed by atoms with Gasteiger partial charge >= 0.3 is 11.8 Å². The van der Waals surface area contributed by atoms with Gasteiger partial charge in [-0.05, 0) is 25.0 Å². The third-order valence-electron chi connectivity index (χ3n) is 3.39. The molecule has 128 valence electrons. The number of amides is 2. The van der Waals surface area contributed by atoms with Crippen LogP contribution in [0.1, 0.15) is 39.5 Å². The monoisotopic (exact) mass is 328 g/mol. The van der Waals surface area contributed by atoms with Crippen molar-refractivity contribution in [1.82, 2.24) is 5.32 Å². The van der Waals surface area contributed by atoms with Gasteiger partial charge in [0.15, 0.2) is 0 Å². The zero-order chi connectivity index (χ0) is 17.5. The van der Waals surface area contributed by atoms with E-state index in [0.29, 0.717) is 18.9 Å². The van der Waals surface area contributed by atoms with Crippen molar-refractivity contribution < 1.29 is 23.5 Å². The molecule has 0 spiro atoms. The SMILES string of the molecule is CCCC(O)(CCC)CNC(=O)C(=O)Nc1ccc(F)cc1F. The van der Waals surface area contributed by atoms with Crippen LogP contribution >= 0.6 is 0 Å². The minimum atomic E-state index is -1.08. The third-order valence-corrected chi connectivity index (χ3v) is 3.39. The van der Waals surface area contributed by atoms with E-state index >= 15 is 0 Å². The molecule has 1 aromatic carbocycles. The lowest BCUT2D eigenvalue weighted by Gasteiger charge is -2.27. The van der Waals surface area contributed by atoms with Crippen LogP contribution in [-0.4, -0.2) is 29.1 Å². The van der Waals surface area contributed by atoms with Crippen molar-refractivity contribution in [3.63, 3.8) is 0 Å². The standard InChI is InChI=1S/C16H22F2N2O3/c1-3-7-16(23,8-4-2)10-19-14(21)15(22)20-13-6-5-11(17)9-12(13)18/h5-6,9,23H,3-4,7-8,10H2,1-2H3,(H,19,21)(H,20,22). The molecule has 0 bridgehead atoms. The lowest BCUT2D eigenvalue weighted by Crippen LogP contribution is -2.46. The van der Waals surface area contributed by atoms with Gasteiger partial charge in [-0.3, -0.25) is 9.59 Å². The molecular formula is C16H22F2N2O3. The highest BCUT2D eigenvalue weighted by Crippen LogP contribution is 2.18. The van der Waals surface area contributed by atoms with Crippen LogP contribution in [0.5, 0.6) is 0 Å². The molecule has 0 saturated heterocycles. The lowest BCUT2D eigenvalue weighted by molar-refractivity contribution is -0.137. The highest BCUT2D eigenvalue weighted by molar-refractivity contribution is 6.39. The molecule has 0 unspecified atom stereocenters. The Morgan fingerprint density at radius 3 is 2.26 bits per heavy atom. The molecule has 0 aliphatic heterocycles. The summed E-state index contributed by atoms with van der Waals surface area (Å²) in [6.45, 7) is 3.76. The second-order valence-electron chi connectivity index (χ2n) is 5.49. The number of nitrogens with one attached hydrogen (secondary N) is 2. The van der Waals surface area contributed by atoms with Gasteiger partial charge in [-0.2, -0.15) is 0 Å². The molecule has 1 rings (SSSR count). The number of hydrogen-bond donors (Lipinski definition) is 3. The summed E-state index contributed by atoms with van der Waals surface area (Å²) in [5.74, 6) is -3.82. The van der Waals surface area contributed by atoms with Crippen molar-refractivity contribution in [2.24, 2.45) is 0 Å². The van der Waals surface area contributed by atoms with Crippen LogP contribution < -0.4 is 10.6 Å². The summed E-state index contributed by atoms with van der Waals surface area (Å²) in [6, 6.07) is 2.60. The van der Waals surface area contributed by atoms with Gasteiger partial charge in [0.1, 0.15) is 11.6 Å². The lowest BCUT2D eigenvalue weighted by atomic mass is 9.92. The van der Waals surface area contributed by atoms with Gasteiger partial charge in [0.25, 0.3) is 0 Å². The van der Waals surface area contributed by atoms with Crippen LogP contribution in [0.2, 0.25) is 0 Å². The summed E-state index contributed by atoms with van der Waals surface area (Å²) >= 11 is 0. The Hall–Kier alpha value is -2.02. The normalized spacial score (nSPS) is 11.2. The maximum atomic E-state index is 13.4. The summed E-state index contributed by atoms with van der Waals surface area (Å²) in [7, 11) is 0. The molecule has 0 saturated carbocycles. The molecule has 0 aliphatic rings. The van der Waals surface area contributed by atoms with Gasteiger partial charge in [-0.25, -0.2) is 8.78 Å². The number of benzene rings is 1. The van der Waals surface area contributed by atoms with E-state index in [4.69, 9.17) is 0 Å². The van der Waals surface area contributed by atoms with Crippen LogP contribution in [0.4, 0.5) is 14.5 Å². The fourth-order valence-electron chi connectivity index (χ4n) is 2.33. The van der Waals surface area contributed by atoms with Gasteiger partial charge < -0.3 is 15.7 Å². The van der Waals surface area contributed by atoms with Crippen molar-refractivity contribution in [3.8, 4) is 0 Å². The van der Waals surface area contributed by atoms with Crippen molar-refractivity contribution in [2.75, 3.05) is 11.9 Å². The van der Waals surface area contributed by atoms with Crippen molar-refractivity contribution in [2.45, 2.75) is 45.1 Å². The summed E-state index contributed by atoms with van der Waals surface area (Å²) in [5, 5.41) is 14.8. The zero-order valence-electron chi connectivity index (χ0n) is 13.3. The smallest absolute Gasteiger partial charge is 0.313 e. The van der Waals surface area contributed by atoms with Gasteiger partial charge in [0.2, 0.25) is 0 Å². The molecule has 2 amide bonds. The Morgan fingerprint density at radius 2 is 1.74 bits per heavy atom. The van der Waals surface area contributed by atoms with Gasteiger partial charge in [-0.15, -0.1) is 0 Å². The Morgan fingerprint density at radius 1 is 1.13 bits per heavy atom. The van der Waals surface area contributed by atoms with E-state index in [1.54, 1.807) is 0 Å². The third kappa shape index (κ3) is 5.94. The average molecular weight is 328 g/mol. The molecule has 5 nitrogen and oxygen atoms in total. The van der Waals surface area contributed by atoms with Crippen molar-refractivity contribution in [3.05, 3.63) is 29.8 Å². The van der Waals surface area contributed by atoms with E-state index in [1.165, 1.54) is 0 Å². The number of aliphatic hydroxyl groups is 1. The van der Waals surface area contributed by atoms with E-state index in [0.717, 1.165) is 25.0 Å². The quantitative estimate of drug-likeness (QED) is 0.672. The van der Waals surface area contributed by atoms with E-state index in [-0.39, 0.29) is 12.2 Å². The predicted octanol–water partition coefficient (Wildman–Crippen LogP) is 2.35. The Kier molecular flexibility index (Phi) is 7.09. The first kappa shape index (κ1) is 19.0.